The summed E-state index contributed by atoms with van der Waals surface area (Å²) in [7, 11) is 0. The number of carbonyl (C=O) groups is 1. The first-order valence-electron chi connectivity index (χ1n) is 5.36. The van der Waals surface area contributed by atoms with E-state index < -0.39 is 6.04 Å². The largest absolute Gasteiger partial charge is 0.394 e. The van der Waals surface area contributed by atoms with E-state index in [-0.39, 0.29) is 31.1 Å². The first-order valence-corrected chi connectivity index (χ1v) is 5.36. The minimum absolute atomic E-state index is 0.0250. The molecule has 0 saturated carbocycles. The van der Waals surface area contributed by atoms with E-state index in [4.69, 9.17) is 14.9 Å². The number of carbonyl (C=O) groups excluding carboxylic acids is 1. The van der Waals surface area contributed by atoms with Crippen molar-refractivity contribution in [2.75, 3.05) is 19.8 Å². The highest BCUT2D eigenvalue weighted by Gasteiger charge is 2.33. The number of nitrogens with one attached hydrogen (secondary N) is 1. The summed E-state index contributed by atoms with van der Waals surface area (Å²) in [6, 6.07) is -0.560. The first kappa shape index (κ1) is 12.4. The standard InChI is InChI=1S/C10H19NO4/c1-2-9-8(3-4-15-9)10(14)11-7(5-12)6-13/h7-9,12-13H,2-6H2,1H3,(H,11,14). The van der Waals surface area contributed by atoms with Crippen LogP contribution in [0.1, 0.15) is 19.8 Å². The van der Waals surface area contributed by atoms with Crippen LogP contribution in [0, 0.1) is 5.92 Å². The number of amides is 1. The summed E-state index contributed by atoms with van der Waals surface area (Å²) in [6.07, 6.45) is 1.50. The molecule has 1 rings (SSSR count). The second-order valence-corrected chi connectivity index (χ2v) is 3.78. The molecule has 0 bridgehead atoms. The Labute approximate surface area is 89.4 Å². The summed E-state index contributed by atoms with van der Waals surface area (Å²) < 4.78 is 5.40. The molecule has 5 heteroatoms. The van der Waals surface area contributed by atoms with E-state index in [2.05, 4.69) is 5.32 Å². The highest BCUT2D eigenvalue weighted by atomic mass is 16.5. The summed E-state index contributed by atoms with van der Waals surface area (Å²) in [4.78, 5) is 11.7. The molecular weight excluding hydrogens is 198 g/mol. The van der Waals surface area contributed by atoms with Gasteiger partial charge in [-0.25, -0.2) is 0 Å². The minimum atomic E-state index is -0.560. The minimum Gasteiger partial charge on any atom is -0.394 e. The molecule has 5 nitrogen and oxygen atoms in total. The SMILES string of the molecule is CCC1OCCC1C(=O)NC(CO)CO. The number of aliphatic hydroxyl groups is 2. The summed E-state index contributed by atoms with van der Waals surface area (Å²) in [5, 5.41) is 20.3. The molecule has 1 saturated heterocycles. The first-order chi connectivity index (χ1) is 7.22. The van der Waals surface area contributed by atoms with Gasteiger partial charge < -0.3 is 20.3 Å². The Balaban J connectivity index is 2.45. The summed E-state index contributed by atoms with van der Waals surface area (Å²) >= 11 is 0. The van der Waals surface area contributed by atoms with Gasteiger partial charge in [-0.15, -0.1) is 0 Å². The van der Waals surface area contributed by atoms with Crippen LogP contribution in [0.4, 0.5) is 0 Å². The molecule has 0 aliphatic carbocycles. The maximum Gasteiger partial charge on any atom is 0.226 e. The van der Waals surface area contributed by atoms with Crippen LogP contribution in [0.3, 0.4) is 0 Å². The summed E-state index contributed by atoms with van der Waals surface area (Å²) in [5.41, 5.74) is 0. The van der Waals surface area contributed by atoms with Crippen LogP contribution in [0.15, 0.2) is 0 Å². The normalized spacial score (nSPS) is 25.9. The van der Waals surface area contributed by atoms with E-state index in [9.17, 15) is 4.79 Å². The van der Waals surface area contributed by atoms with E-state index in [1.807, 2.05) is 6.92 Å². The molecule has 0 aromatic rings. The fourth-order valence-corrected chi connectivity index (χ4v) is 1.81. The zero-order valence-corrected chi connectivity index (χ0v) is 8.98. The lowest BCUT2D eigenvalue weighted by atomic mass is 9.98. The molecule has 2 atom stereocenters. The van der Waals surface area contributed by atoms with Crippen LogP contribution < -0.4 is 5.32 Å². The van der Waals surface area contributed by atoms with Crippen LogP contribution in [0.2, 0.25) is 0 Å². The number of hydrogen-bond acceptors (Lipinski definition) is 4. The van der Waals surface area contributed by atoms with E-state index in [1.165, 1.54) is 0 Å². The Hall–Kier alpha value is -0.650. The predicted molar refractivity (Wildman–Crippen MR) is 54.2 cm³/mol. The number of ether oxygens (including phenoxy) is 1. The van der Waals surface area contributed by atoms with Gasteiger partial charge in [-0.05, 0) is 12.8 Å². The molecule has 88 valence electrons. The van der Waals surface area contributed by atoms with E-state index >= 15 is 0 Å². The third kappa shape index (κ3) is 3.15. The van der Waals surface area contributed by atoms with Gasteiger partial charge in [-0.1, -0.05) is 6.92 Å². The molecule has 0 radical (unpaired) electrons. The van der Waals surface area contributed by atoms with Crippen LogP contribution in [-0.4, -0.2) is 48.1 Å². The summed E-state index contributed by atoms with van der Waals surface area (Å²) in [5.74, 6) is -0.275. The Kier molecular flexibility index (Phi) is 5.01. The molecule has 2 unspecified atom stereocenters. The Morgan fingerprint density at radius 1 is 1.53 bits per heavy atom. The molecule has 0 aromatic heterocycles. The van der Waals surface area contributed by atoms with Crippen LogP contribution in [0.25, 0.3) is 0 Å². The highest BCUT2D eigenvalue weighted by Crippen LogP contribution is 2.23. The van der Waals surface area contributed by atoms with Crippen LogP contribution in [-0.2, 0) is 9.53 Å². The highest BCUT2D eigenvalue weighted by molar-refractivity contribution is 5.79. The Morgan fingerprint density at radius 2 is 2.20 bits per heavy atom. The second kappa shape index (κ2) is 6.05. The average Bonchev–Trinajstić information content (AvgIpc) is 2.73. The van der Waals surface area contributed by atoms with E-state index in [1.54, 1.807) is 0 Å². The lowest BCUT2D eigenvalue weighted by molar-refractivity contribution is -0.128. The van der Waals surface area contributed by atoms with Crippen molar-refractivity contribution in [2.24, 2.45) is 5.92 Å². The van der Waals surface area contributed by atoms with Gasteiger partial charge in [0.05, 0.1) is 31.3 Å². The van der Waals surface area contributed by atoms with Gasteiger partial charge in [0.15, 0.2) is 0 Å². The molecular formula is C10H19NO4. The van der Waals surface area contributed by atoms with Crippen molar-refractivity contribution in [1.29, 1.82) is 0 Å². The third-order valence-electron chi connectivity index (χ3n) is 2.74. The molecule has 1 heterocycles. The van der Waals surface area contributed by atoms with Crippen molar-refractivity contribution >= 4 is 5.91 Å². The number of rotatable bonds is 5. The molecule has 15 heavy (non-hydrogen) atoms. The second-order valence-electron chi connectivity index (χ2n) is 3.78. The van der Waals surface area contributed by atoms with Gasteiger partial charge in [-0.2, -0.15) is 0 Å². The van der Waals surface area contributed by atoms with Crippen molar-refractivity contribution in [3.05, 3.63) is 0 Å². The van der Waals surface area contributed by atoms with Gasteiger partial charge in [0.1, 0.15) is 0 Å². The molecule has 0 aromatic carbocycles. The Morgan fingerprint density at radius 3 is 2.73 bits per heavy atom. The molecule has 1 amide bonds. The van der Waals surface area contributed by atoms with E-state index in [0.29, 0.717) is 13.0 Å². The van der Waals surface area contributed by atoms with Crippen molar-refractivity contribution in [3.63, 3.8) is 0 Å². The van der Waals surface area contributed by atoms with Gasteiger partial charge in [0, 0.05) is 6.61 Å². The topological polar surface area (TPSA) is 78.8 Å². The van der Waals surface area contributed by atoms with Gasteiger partial charge in [0.25, 0.3) is 0 Å². The zero-order valence-electron chi connectivity index (χ0n) is 8.98. The number of aliphatic hydroxyl groups excluding tert-OH is 2. The quantitative estimate of drug-likeness (QED) is 0.567. The Bertz CT molecular complexity index is 206. The lowest BCUT2D eigenvalue weighted by Crippen LogP contribution is -2.44. The van der Waals surface area contributed by atoms with Crippen molar-refractivity contribution in [1.82, 2.24) is 5.32 Å². The maximum atomic E-state index is 11.7. The smallest absolute Gasteiger partial charge is 0.226 e. The van der Waals surface area contributed by atoms with Gasteiger partial charge in [0.2, 0.25) is 5.91 Å². The van der Waals surface area contributed by atoms with Crippen molar-refractivity contribution < 1.29 is 19.7 Å². The average molecular weight is 217 g/mol. The summed E-state index contributed by atoms with van der Waals surface area (Å²) in [6.45, 7) is 2.10. The van der Waals surface area contributed by atoms with Crippen LogP contribution >= 0.6 is 0 Å². The molecule has 3 N–H and O–H groups in total. The third-order valence-corrected chi connectivity index (χ3v) is 2.74. The lowest BCUT2D eigenvalue weighted by Gasteiger charge is -2.19. The number of hydrogen-bond donors (Lipinski definition) is 3. The van der Waals surface area contributed by atoms with Gasteiger partial charge >= 0.3 is 0 Å². The maximum absolute atomic E-state index is 11.7. The van der Waals surface area contributed by atoms with Crippen molar-refractivity contribution in [3.8, 4) is 0 Å². The zero-order chi connectivity index (χ0) is 11.3. The monoisotopic (exact) mass is 217 g/mol. The molecule has 0 spiro atoms. The van der Waals surface area contributed by atoms with Crippen LogP contribution in [0.5, 0.6) is 0 Å². The molecule has 1 fully saturated rings. The predicted octanol–water partition coefficient (Wildman–Crippen LogP) is -0.729. The fourth-order valence-electron chi connectivity index (χ4n) is 1.81. The van der Waals surface area contributed by atoms with E-state index in [0.717, 1.165) is 6.42 Å². The fraction of sp³-hybridized carbons (Fsp3) is 0.900. The van der Waals surface area contributed by atoms with Crippen molar-refractivity contribution in [2.45, 2.75) is 31.9 Å². The molecule has 1 aliphatic heterocycles. The van der Waals surface area contributed by atoms with Gasteiger partial charge in [-0.3, -0.25) is 4.79 Å². The molecule has 1 aliphatic rings.